The van der Waals surface area contributed by atoms with E-state index in [1.165, 1.54) is 12.1 Å². The van der Waals surface area contributed by atoms with Gasteiger partial charge in [0.2, 0.25) is 10.0 Å². The summed E-state index contributed by atoms with van der Waals surface area (Å²) in [6.45, 7) is 2.70. The maximum atomic E-state index is 11.1. The highest BCUT2D eigenvalue weighted by Gasteiger charge is 2.10. The van der Waals surface area contributed by atoms with Gasteiger partial charge in [0.15, 0.2) is 0 Å². The summed E-state index contributed by atoms with van der Waals surface area (Å²) in [6, 6.07) is 4.60. The Morgan fingerprint density at radius 2 is 2.18 bits per heavy atom. The lowest BCUT2D eigenvalue weighted by atomic mass is 10.2. The van der Waals surface area contributed by atoms with Gasteiger partial charge < -0.3 is 10.4 Å². The maximum absolute atomic E-state index is 11.1. The SMILES string of the molecule is C[C@H](O)CNCc1ccc(S(N)(=O)=O)cc1Br. The summed E-state index contributed by atoms with van der Waals surface area (Å²) < 4.78 is 22.9. The Labute approximate surface area is 109 Å². The van der Waals surface area contributed by atoms with E-state index in [1.807, 2.05) is 0 Å². The molecule has 1 atom stereocenters. The van der Waals surface area contributed by atoms with Crippen molar-refractivity contribution in [2.24, 2.45) is 5.14 Å². The van der Waals surface area contributed by atoms with Crippen LogP contribution in [-0.2, 0) is 16.6 Å². The second-order valence-corrected chi connectivity index (χ2v) is 6.19. The monoisotopic (exact) mass is 322 g/mol. The standard InChI is InChI=1S/C10H15BrN2O3S/c1-7(14)5-13-6-8-2-3-9(4-10(8)11)17(12,15)16/h2-4,7,13-14H,5-6H2,1H3,(H2,12,15,16)/t7-/m0/s1. The fourth-order valence-electron chi connectivity index (χ4n) is 1.26. The first-order valence-electron chi connectivity index (χ1n) is 5.00. The van der Waals surface area contributed by atoms with Crippen LogP contribution in [0.1, 0.15) is 12.5 Å². The number of hydrogen-bond donors (Lipinski definition) is 3. The van der Waals surface area contributed by atoms with Gasteiger partial charge in [-0.15, -0.1) is 0 Å². The molecule has 0 unspecified atom stereocenters. The largest absolute Gasteiger partial charge is 0.392 e. The van der Waals surface area contributed by atoms with Crippen LogP contribution in [-0.4, -0.2) is 26.2 Å². The van der Waals surface area contributed by atoms with E-state index >= 15 is 0 Å². The van der Waals surface area contributed by atoms with Crippen molar-refractivity contribution in [3.63, 3.8) is 0 Å². The van der Waals surface area contributed by atoms with Crippen LogP contribution in [0.15, 0.2) is 27.6 Å². The summed E-state index contributed by atoms with van der Waals surface area (Å²) in [4.78, 5) is 0.0728. The topological polar surface area (TPSA) is 92.4 Å². The molecule has 0 heterocycles. The van der Waals surface area contributed by atoms with E-state index in [4.69, 9.17) is 10.2 Å². The van der Waals surface area contributed by atoms with E-state index in [1.54, 1.807) is 13.0 Å². The van der Waals surface area contributed by atoms with Crippen molar-refractivity contribution in [3.05, 3.63) is 28.2 Å². The Morgan fingerprint density at radius 1 is 1.53 bits per heavy atom. The predicted octanol–water partition coefficient (Wildman–Crippen LogP) is 0.567. The number of sulfonamides is 1. The number of aliphatic hydroxyl groups excluding tert-OH is 1. The van der Waals surface area contributed by atoms with Gasteiger partial charge in [0.05, 0.1) is 11.0 Å². The molecule has 5 nitrogen and oxygen atoms in total. The maximum Gasteiger partial charge on any atom is 0.238 e. The van der Waals surface area contributed by atoms with Crippen LogP contribution in [0.5, 0.6) is 0 Å². The fraction of sp³-hybridized carbons (Fsp3) is 0.400. The van der Waals surface area contributed by atoms with Gasteiger partial charge in [-0.3, -0.25) is 0 Å². The summed E-state index contributed by atoms with van der Waals surface area (Å²) in [5.74, 6) is 0. The predicted molar refractivity (Wildman–Crippen MR) is 68.9 cm³/mol. The number of nitrogens with one attached hydrogen (secondary N) is 1. The van der Waals surface area contributed by atoms with Crippen LogP contribution in [0.2, 0.25) is 0 Å². The molecule has 0 bridgehead atoms. The quantitative estimate of drug-likeness (QED) is 0.738. The Balaban J connectivity index is 2.77. The Kier molecular flexibility index (Phi) is 5.08. The Morgan fingerprint density at radius 3 is 2.65 bits per heavy atom. The minimum absolute atomic E-state index is 0.0728. The summed E-state index contributed by atoms with van der Waals surface area (Å²) in [5, 5.41) is 17.1. The average Bonchev–Trinajstić information content (AvgIpc) is 2.18. The zero-order valence-corrected chi connectivity index (χ0v) is 11.8. The van der Waals surface area contributed by atoms with Crippen molar-refractivity contribution in [2.75, 3.05) is 6.54 Å². The summed E-state index contributed by atoms with van der Waals surface area (Å²) in [6.07, 6.45) is -0.419. The molecule has 1 rings (SSSR count). The number of primary sulfonamides is 1. The lowest BCUT2D eigenvalue weighted by Crippen LogP contribution is -2.24. The fourth-order valence-corrected chi connectivity index (χ4v) is 2.47. The Hall–Kier alpha value is -0.470. The minimum Gasteiger partial charge on any atom is -0.392 e. The van der Waals surface area contributed by atoms with E-state index in [-0.39, 0.29) is 4.90 Å². The number of nitrogens with two attached hydrogens (primary N) is 1. The lowest BCUT2D eigenvalue weighted by molar-refractivity contribution is 0.191. The highest BCUT2D eigenvalue weighted by molar-refractivity contribution is 9.10. The van der Waals surface area contributed by atoms with Crippen LogP contribution in [0, 0.1) is 0 Å². The van der Waals surface area contributed by atoms with Gasteiger partial charge in [-0.25, -0.2) is 13.6 Å². The smallest absolute Gasteiger partial charge is 0.238 e. The van der Waals surface area contributed by atoms with E-state index in [2.05, 4.69) is 21.2 Å². The van der Waals surface area contributed by atoms with Gasteiger partial charge in [-0.1, -0.05) is 22.0 Å². The Bertz CT molecular complexity index is 488. The zero-order valence-electron chi connectivity index (χ0n) is 9.35. The first kappa shape index (κ1) is 14.6. The van der Waals surface area contributed by atoms with Gasteiger partial charge in [-0.2, -0.15) is 0 Å². The summed E-state index contributed by atoms with van der Waals surface area (Å²) in [5.41, 5.74) is 0.901. The highest BCUT2D eigenvalue weighted by Crippen LogP contribution is 2.20. The molecule has 0 spiro atoms. The molecule has 0 aliphatic rings. The second-order valence-electron chi connectivity index (χ2n) is 3.78. The van der Waals surface area contributed by atoms with Crippen molar-refractivity contribution < 1.29 is 13.5 Å². The molecule has 0 radical (unpaired) electrons. The molecular formula is C10H15BrN2O3S. The van der Waals surface area contributed by atoms with Crippen LogP contribution in [0.25, 0.3) is 0 Å². The number of aliphatic hydroxyl groups is 1. The van der Waals surface area contributed by atoms with Gasteiger partial charge in [0.1, 0.15) is 0 Å². The van der Waals surface area contributed by atoms with Crippen LogP contribution >= 0.6 is 15.9 Å². The lowest BCUT2D eigenvalue weighted by Gasteiger charge is -2.09. The average molecular weight is 323 g/mol. The molecule has 96 valence electrons. The van der Waals surface area contributed by atoms with E-state index in [0.717, 1.165) is 5.56 Å². The van der Waals surface area contributed by atoms with Crippen molar-refractivity contribution in [1.29, 1.82) is 0 Å². The third-order valence-electron chi connectivity index (χ3n) is 2.11. The molecule has 0 amide bonds. The molecule has 7 heteroatoms. The van der Waals surface area contributed by atoms with Crippen LogP contribution in [0.4, 0.5) is 0 Å². The molecule has 0 fully saturated rings. The van der Waals surface area contributed by atoms with Gasteiger partial charge in [0.25, 0.3) is 0 Å². The first-order chi connectivity index (χ1) is 7.80. The third kappa shape index (κ3) is 4.72. The normalized spacial score (nSPS) is 13.6. The van der Waals surface area contributed by atoms with E-state index in [0.29, 0.717) is 17.6 Å². The van der Waals surface area contributed by atoms with Gasteiger partial charge in [0, 0.05) is 17.6 Å². The van der Waals surface area contributed by atoms with Crippen molar-refractivity contribution in [1.82, 2.24) is 5.32 Å². The number of rotatable bonds is 5. The van der Waals surface area contributed by atoms with Gasteiger partial charge in [-0.05, 0) is 24.6 Å². The third-order valence-corrected chi connectivity index (χ3v) is 3.76. The van der Waals surface area contributed by atoms with Crippen LogP contribution in [0.3, 0.4) is 0 Å². The second kappa shape index (κ2) is 5.92. The zero-order chi connectivity index (χ0) is 13.1. The molecule has 0 aliphatic heterocycles. The molecule has 17 heavy (non-hydrogen) atoms. The van der Waals surface area contributed by atoms with Crippen molar-refractivity contribution in [2.45, 2.75) is 24.5 Å². The highest BCUT2D eigenvalue weighted by atomic mass is 79.9. The minimum atomic E-state index is -3.67. The molecule has 4 N–H and O–H groups in total. The van der Waals surface area contributed by atoms with E-state index in [9.17, 15) is 8.42 Å². The summed E-state index contributed by atoms with van der Waals surface area (Å²) in [7, 11) is -3.67. The van der Waals surface area contributed by atoms with Crippen molar-refractivity contribution in [3.8, 4) is 0 Å². The van der Waals surface area contributed by atoms with Gasteiger partial charge >= 0.3 is 0 Å². The molecule has 1 aromatic carbocycles. The van der Waals surface area contributed by atoms with Crippen LogP contribution < -0.4 is 10.5 Å². The van der Waals surface area contributed by atoms with Crippen molar-refractivity contribution >= 4 is 26.0 Å². The molecule has 0 aliphatic carbocycles. The number of halogens is 1. The first-order valence-corrected chi connectivity index (χ1v) is 7.34. The number of benzene rings is 1. The van der Waals surface area contributed by atoms with E-state index < -0.39 is 16.1 Å². The summed E-state index contributed by atoms with van der Waals surface area (Å²) >= 11 is 3.28. The molecule has 1 aromatic rings. The molecule has 0 saturated carbocycles. The molecular weight excluding hydrogens is 308 g/mol. The molecule has 0 saturated heterocycles. The number of hydrogen-bond acceptors (Lipinski definition) is 4. The molecule has 0 aromatic heterocycles.